The lowest BCUT2D eigenvalue weighted by molar-refractivity contribution is -0.116. The molecule has 0 saturated carbocycles. The van der Waals surface area contributed by atoms with E-state index in [-0.39, 0.29) is 17.1 Å². The van der Waals surface area contributed by atoms with Gasteiger partial charge in [0, 0.05) is 10.9 Å². The lowest BCUT2D eigenvalue weighted by Crippen LogP contribution is -2.25. The molecule has 0 bridgehead atoms. The molecule has 21 heavy (non-hydrogen) atoms. The van der Waals surface area contributed by atoms with Gasteiger partial charge in [-0.3, -0.25) is 4.79 Å². The Balaban J connectivity index is 2.59. The summed E-state index contributed by atoms with van der Waals surface area (Å²) in [5.74, 6) is 0.389. The first-order valence-electron chi connectivity index (χ1n) is 7.22. The zero-order chi connectivity index (χ0) is 16.0. The molecule has 1 rings (SSSR count). The van der Waals surface area contributed by atoms with E-state index in [2.05, 4.69) is 42.0 Å². The summed E-state index contributed by atoms with van der Waals surface area (Å²) in [6.07, 6.45) is 2.13. The quantitative estimate of drug-likeness (QED) is 0.676. The average molecular weight is 357 g/mol. The molecule has 0 heterocycles. The fraction of sp³-hybridized carbons (Fsp3) is 0.562. The van der Waals surface area contributed by atoms with Crippen molar-refractivity contribution in [3.05, 3.63) is 22.7 Å². The van der Waals surface area contributed by atoms with Gasteiger partial charge in [-0.05, 0) is 48.9 Å². The van der Waals surface area contributed by atoms with E-state index in [0.717, 1.165) is 17.3 Å². The molecular weight excluding hydrogens is 332 g/mol. The fourth-order valence-electron chi connectivity index (χ4n) is 2.34. The first-order valence-corrected chi connectivity index (χ1v) is 8.01. The van der Waals surface area contributed by atoms with Gasteiger partial charge in [-0.1, -0.05) is 36.7 Å². The third-order valence-corrected chi connectivity index (χ3v) is 4.19. The minimum Gasteiger partial charge on any atom is -0.506 e. The summed E-state index contributed by atoms with van der Waals surface area (Å²) in [5.41, 5.74) is 6.22. The Morgan fingerprint density at radius 3 is 2.62 bits per heavy atom. The second-order valence-electron chi connectivity index (χ2n) is 6.39. The largest absolute Gasteiger partial charge is 0.506 e. The van der Waals surface area contributed by atoms with Crippen molar-refractivity contribution in [3.63, 3.8) is 0 Å². The molecule has 0 radical (unpaired) electrons. The van der Waals surface area contributed by atoms with Crippen molar-refractivity contribution in [3.8, 4) is 5.75 Å². The maximum Gasteiger partial charge on any atom is 0.224 e. The average Bonchev–Trinajstić information content (AvgIpc) is 2.37. The van der Waals surface area contributed by atoms with Gasteiger partial charge >= 0.3 is 0 Å². The van der Waals surface area contributed by atoms with Crippen LogP contribution in [0.4, 0.5) is 5.69 Å². The highest BCUT2D eigenvalue weighted by atomic mass is 79.9. The summed E-state index contributed by atoms with van der Waals surface area (Å²) in [4.78, 5) is 12.0. The van der Waals surface area contributed by atoms with Gasteiger partial charge in [0.15, 0.2) is 0 Å². The van der Waals surface area contributed by atoms with E-state index in [4.69, 9.17) is 5.73 Å². The standard InChI is InChI=1S/C16H25BrN2O2/c1-16(2,3)11(8-9-18)4-7-15(21)19-13-10-12(17)5-6-14(13)20/h5-6,10-11,20H,4,7-9,18H2,1-3H3,(H,19,21). The van der Waals surface area contributed by atoms with Crippen LogP contribution < -0.4 is 11.1 Å². The maximum atomic E-state index is 12.0. The summed E-state index contributed by atoms with van der Waals surface area (Å²) in [5, 5.41) is 12.5. The molecule has 0 aliphatic heterocycles. The number of amides is 1. The molecule has 0 aliphatic carbocycles. The number of anilines is 1. The zero-order valence-electron chi connectivity index (χ0n) is 12.9. The predicted octanol–water partition coefficient (Wildman–Crippen LogP) is 3.88. The molecule has 0 fully saturated rings. The lowest BCUT2D eigenvalue weighted by atomic mass is 9.76. The first kappa shape index (κ1) is 18.0. The number of nitrogens with two attached hydrogens (primary N) is 1. The van der Waals surface area contributed by atoms with Crippen LogP contribution in [0.15, 0.2) is 22.7 Å². The van der Waals surface area contributed by atoms with Gasteiger partial charge < -0.3 is 16.2 Å². The minimum absolute atomic E-state index is 0.0703. The highest BCUT2D eigenvalue weighted by Gasteiger charge is 2.24. The Kier molecular flexibility index (Phi) is 6.68. The van der Waals surface area contributed by atoms with E-state index in [0.29, 0.717) is 24.6 Å². The molecule has 1 aromatic carbocycles. The number of phenols is 1. The van der Waals surface area contributed by atoms with Gasteiger partial charge in [0.2, 0.25) is 5.91 Å². The summed E-state index contributed by atoms with van der Waals surface area (Å²) >= 11 is 3.32. The second kappa shape index (κ2) is 7.80. The first-order chi connectivity index (χ1) is 9.74. The van der Waals surface area contributed by atoms with Crippen molar-refractivity contribution in [2.45, 2.75) is 40.0 Å². The molecular formula is C16H25BrN2O2. The number of nitrogens with one attached hydrogen (secondary N) is 1. The minimum atomic E-state index is -0.0883. The van der Waals surface area contributed by atoms with Gasteiger partial charge in [0.1, 0.15) is 5.75 Å². The molecule has 0 saturated heterocycles. The van der Waals surface area contributed by atoms with Crippen LogP contribution >= 0.6 is 15.9 Å². The van der Waals surface area contributed by atoms with E-state index in [1.165, 1.54) is 0 Å². The van der Waals surface area contributed by atoms with Crippen molar-refractivity contribution < 1.29 is 9.90 Å². The Labute approximate surface area is 135 Å². The number of aromatic hydroxyl groups is 1. The highest BCUT2D eigenvalue weighted by Crippen LogP contribution is 2.32. The van der Waals surface area contributed by atoms with Crippen LogP contribution in [0.3, 0.4) is 0 Å². The lowest BCUT2D eigenvalue weighted by Gasteiger charge is -2.30. The van der Waals surface area contributed by atoms with Crippen LogP contribution in [-0.2, 0) is 4.79 Å². The van der Waals surface area contributed by atoms with Gasteiger partial charge in [-0.15, -0.1) is 0 Å². The van der Waals surface area contributed by atoms with Crippen LogP contribution in [0.25, 0.3) is 0 Å². The van der Waals surface area contributed by atoms with E-state index >= 15 is 0 Å². The molecule has 4 N–H and O–H groups in total. The molecule has 1 aromatic rings. The van der Waals surface area contributed by atoms with Crippen LogP contribution in [0.5, 0.6) is 5.75 Å². The molecule has 118 valence electrons. The molecule has 4 nitrogen and oxygen atoms in total. The third-order valence-electron chi connectivity index (χ3n) is 3.69. The Hall–Kier alpha value is -1.07. The molecule has 0 aromatic heterocycles. The molecule has 1 amide bonds. The molecule has 1 atom stereocenters. The van der Waals surface area contributed by atoms with Crippen LogP contribution in [-0.4, -0.2) is 17.6 Å². The SMILES string of the molecule is CC(C)(C)C(CCN)CCC(=O)Nc1cc(Br)ccc1O. The number of halogens is 1. The van der Waals surface area contributed by atoms with Crippen molar-refractivity contribution in [2.75, 3.05) is 11.9 Å². The zero-order valence-corrected chi connectivity index (χ0v) is 14.5. The van der Waals surface area contributed by atoms with E-state index < -0.39 is 0 Å². The van der Waals surface area contributed by atoms with Crippen molar-refractivity contribution in [1.29, 1.82) is 0 Å². The number of phenolic OH excluding ortho intramolecular Hbond substituents is 1. The monoisotopic (exact) mass is 356 g/mol. The van der Waals surface area contributed by atoms with Gasteiger partial charge in [-0.25, -0.2) is 0 Å². The van der Waals surface area contributed by atoms with Gasteiger partial charge in [0.25, 0.3) is 0 Å². The Morgan fingerprint density at radius 2 is 2.05 bits per heavy atom. The molecule has 1 unspecified atom stereocenters. The second-order valence-corrected chi connectivity index (χ2v) is 7.30. The van der Waals surface area contributed by atoms with E-state index in [1.54, 1.807) is 18.2 Å². The van der Waals surface area contributed by atoms with Gasteiger partial charge in [-0.2, -0.15) is 0 Å². The van der Waals surface area contributed by atoms with Crippen LogP contribution in [0, 0.1) is 11.3 Å². The van der Waals surface area contributed by atoms with Crippen LogP contribution in [0.1, 0.15) is 40.0 Å². The van der Waals surface area contributed by atoms with Gasteiger partial charge in [0.05, 0.1) is 5.69 Å². The Morgan fingerprint density at radius 1 is 1.38 bits per heavy atom. The normalized spacial score (nSPS) is 13.0. The van der Waals surface area contributed by atoms with E-state index in [9.17, 15) is 9.90 Å². The maximum absolute atomic E-state index is 12.0. The summed E-state index contributed by atoms with van der Waals surface area (Å²) in [7, 11) is 0. The number of hydrogen-bond acceptors (Lipinski definition) is 3. The number of rotatable bonds is 6. The number of carbonyl (C=O) groups excluding carboxylic acids is 1. The highest BCUT2D eigenvalue weighted by molar-refractivity contribution is 9.10. The Bertz CT molecular complexity index is 484. The molecule has 5 heteroatoms. The summed E-state index contributed by atoms with van der Waals surface area (Å²) < 4.78 is 0.811. The number of hydrogen-bond donors (Lipinski definition) is 3. The van der Waals surface area contributed by atoms with Crippen molar-refractivity contribution >= 4 is 27.5 Å². The van der Waals surface area contributed by atoms with Crippen molar-refractivity contribution in [1.82, 2.24) is 0 Å². The number of benzene rings is 1. The topological polar surface area (TPSA) is 75.4 Å². The van der Waals surface area contributed by atoms with Crippen molar-refractivity contribution in [2.24, 2.45) is 17.1 Å². The molecule has 0 spiro atoms. The predicted molar refractivity (Wildman–Crippen MR) is 90.3 cm³/mol. The summed E-state index contributed by atoms with van der Waals surface area (Å²) in [6, 6.07) is 4.96. The number of carbonyl (C=O) groups is 1. The fourth-order valence-corrected chi connectivity index (χ4v) is 2.70. The van der Waals surface area contributed by atoms with Crippen LogP contribution in [0.2, 0.25) is 0 Å². The van der Waals surface area contributed by atoms with E-state index in [1.807, 2.05) is 0 Å². The smallest absolute Gasteiger partial charge is 0.224 e. The third kappa shape index (κ3) is 6.06. The summed E-state index contributed by atoms with van der Waals surface area (Å²) in [6.45, 7) is 7.15. The molecule has 0 aliphatic rings.